The Balaban J connectivity index is 3.02. The first-order valence-corrected chi connectivity index (χ1v) is 24.1. The number of hydrogen-bond acceptors (Lipinski definition) is 12. The molecule has 1 aliphatic rings. The molecule has 11 unspecified atom stereocenters. The lowest BCUT2D eigenvalue weighted by Gasteiger charge is -2.26. The number of cyclic esters (lactones) is 2. The third kappa shape index (κ3) is 26.3. The molecule has 1 aliphatic heterocycles. The number of carboxylic acid groups (broad SMARTS) is 4. The van der Waals surface area contributed by atoms with Gasteiger partial charge >= 0.3 is 41.8 Å². The van der Waals surface area contributed by atoms with Crippen molar-refractivity contribution in [1.29, 1.82) is 0 Å². The molecule has 0 saturated carbocycles. The Morgan fingerprint density at radius 2 is 1.52 bits per heavy atom. The van der Waals surface area contributed by atoms with Crippen LogP contribution in [0.2, 0.25) is 0 Å². The summed E-state index contributed by atoms with van der Waals surface area (Å²) in [5.74, 6) is -11.5. The molecule has 0 aromatic rings. The predicted octanol–water partition coefficient (Wildman–Crippen LogP) is 8.76. The Morgan fingerprint density at radius 3 is 2.13 bits per heavy atom. The van der Waals surface area contributed by atoms with Crippen molar-refractivity contribution in [2.24, 2.45) is 47.3 Å². The molecule has 0 bridgehead atoms. The highest BCUT2D eigenvalue weighted by Crippen LogP contribution is 2.27. The van der Waals surface area contributed by atoms with Crippen molar-refractivity contribution in [2.75, 3.05) is 6.61 Å². The maximum atomic E-state index is 13.3. The molecule has 380 valence electrons. The van der Waals surface area contributed by atoms with Crippen LogP contribution in [-0.4, -0.2) is 98.0 Å². The Labute approximate surface area is 397 Å². The van der Waals surface area contributed by atoms with Crippen molar-refractivity contribution in [3.05, 3.63) is 35.5 Å². The van der Waals surface area contributed by atoms with E-state index in [4.69, 9.17) is 19.3 Å². The molecule has 16 heteroatoms. The van der Waals surface area contributed by atoms with E-state index in [-0.39, 0.29) is 55.3 Å². The molecule has 11 atom stereocenters. The predicted molar refractivity (Wildman–Crippen MR) is 249 cm³/mol. The first-order valence-electron chi connectivity index (χ1n) is 24.1. The standard InChI is InChI=1S/C51H80O16/c1-9-39(25-36(7)49(59)60)43(52)21-19-38-24-33(4)22-32(3)23-35(6)48(58)34(5)17-20-42(67-47(57)29-41(51(63)64)27-45(55)65-30-38)15-13-11-10-12-14-31(2)16-18-37(8)66-46(56)28-40(50(61)62)26-44(53)54/h12,14,23-24,31,33-37,39-42,48,58H,9-11,13,15-22,25-30H2,1-8H3,(H,53,54)(H,59,60)(H,61,62)(H,63,64)/b14-12+,32-23+,38-24+. The number of carbonyl (C=O) groups excluding carboxylic acids is 4. The van der Waals surface area contributed by atoms with Crippen LogP contribution in [0.25, 0.3) is 0 Å². The summed E-state index contributed by atoms with van der Waals surface area (Å²) >= 11 is 0. The first kappa shape index (κ1) is 60.2. The fourth-order valence-corrected chi connectivity index (χ4v) is 8.39. The number of aliphatic carboxylic acids is 4. The number of hydrogen-bond donors (Lipinski definition) is 5. The van der Waals surface area contributed by atoms with Crippen molar-refractivity contribution in [1.82, 2.24) is 0 Å². The second-order valence-corrected chi connectivity index (χ2v) is 19.1. The highest BCUT2D eigenvalue weighted by atomic mass is 16.5. The van der Waals surface area contributed by atoms with Crippen molar-refractivity contribution in [3.8, 4) is 0 Å². The summed E-state index contributed by atoms with van der Waals surface area (Å²) in [4.78, 5) is 97.7. The number of Topliss-reactive ketones (excluding diaryl/α,β-unsaturated/α-hetero) is 1. The molecule has 0 aromatic heterocycles. The van der Waals surface area contributed by atoms with E-state index in [1.165, 1.54) is 0 Å². The van der Waals surface area contributed by atoms with E-state index in [0.29, 0.717) is 56.9 Å². The van der Waals surface area contributed by atoms with Crippen LogP contribution in [0.3, 0.4) is 0 Å². The highest BCUT2D eigenvalue weighted by Gasteiger charge is 2.30. The van der Waals surface area contributed by atoms with Gasteiger partial charge in [-0.3, -0.25) is 38.4 Å². The molecule has 0 amide bonds. The van der Waals surface area contributed by atoms with Gasteiger partial charge in [-0.05, 0) is 114 Å². The highest BCUT2D eigenvalue weighted by molar-refractivity contribution is 5.84. The van der Waals surface area contributed by atoms with Gasteiger partial charge in [0.15, 0.2) is 0 Å². The minimum absolute atomic E-state index is 0.0436. The number of allylic oxidation sites excluding steroid dienone is 4. The maximum absolute atomic E-state index is 13.3. The maximum Gasteiger partial charge on any atom is 0.307 e. The lowest BCUT2D eigenvalue weighted by Crippen LogP contribution is -2.28. The van der Waals surface area contributed by atoms with E-state index < -0.39 is 109 Å². The average molecular weight is 949 g/mol. The van der Waals surface area contributed by atoms with Crippen LogP contribution in [0, 0.1) is 47.3 Å². The summed E-state index contributed by atoms with van der Waals surface area (Å²) in [6.07, 6.45) is 10.6. The molecule has 1 heterocycles. The molecule has 0 aliphatic carbocycles. The quantitative estimate of drug-likeness (QED) is 0.0262. The monoisotopic (exact) mass is 949 g/mol. The Morgan fingerprint density at radius 1 is 0.851 bits per heavy atom. The molecule has 5 N–H and O–H groups in total. The average Bonchev–Trinajstić information content (AvgIpc) is 3.23. The molecular formula is C51H80O16. The number of aliphatic hydroxyl groups is 1. The fourth-order valence-electron chi connectivity index (χ4n) is 8.39. The van der Waals surface area contributed by atoms with Crippen molar-refractivity contribution in [2.45, 2.75) is 183 Å². The molecule has 0 saturated heterocycles. The molecule has 67 heavy (non-hydrogen) atoms. The van der Waals surface area contributed by atoms with Crippen LogP contribution in [-0.2, 0) is 52.6 Å². The summed E-state index contributed by atoms with van der Waals surface area (Å²) < 4.78 is 16.7. The second-order valence-electron chi connectivity index (χ2n) is 19.1. The van der Waals surface area contributed by atoms with Gasteiger partial charge in [0.1, 0.15) is 18.5 Å². The summed E-state index contributed by atoms with van der Waals surface area (Å²) in [6, 6.07) is 0. The van der Waals surface area contributed by atoms with Crippen LogP contribution in [0.1, 0.15) is 165 Å². The van der Waals surface area contributed by atoms with Crippen LogP contribution >= 0.6 is 0 Å². The number of ether oxygens (including phenoxy) is 3. The van der Waals surface area contributed by atoms with Crippen molar-refractivity contribution >= 4 is 47.6 Å². The topological polar surface area (TPSA) is 265 Å². The third-order valence-electron chi connectivity index (χ3n) is 12.5. The molecule has 0 aromatic carbocycles. The number of rotatable bonds is 24. The lowest BCUT2D eigenvalue weighted by atomic mass is 9.86. The number of aliphatic hydroxyl groups excluding tert-OH is 1. The number of ketones is 1. The molecule has 0 spiro atoms. The summed E-state index contributed by atoms with van der Waals surface area (Å²) in [5, 5.41) is 48.8. The van der Waals surface area contributed by atoms with Crippen molar-refractivity contribution in [3.63, 3.8) is 0 Å². The van der Waals surface area contributed by atoms with E-state index in [1.807, 2.05) is 65.8 Å². The molecule has 16 nitrogen and oxygen atoms in total. The minimum Gasteiger partial charge on any atom is -0.481 e. The van der Waals surface area contributed by atoms with Crippen molar-refractivity contribution < 1.29 is 78.1 Å². The van der Waals surface area contributed by atoms with Crippen LogP contribution < -0.4 is 0 Å². The summed E-state index contributed by atoms with van der Waals surface area (Å²) in [5.41, 5.74) is 1.70. The van der Waals surface area contributed by atoms with E-state index in [0.717, 1.165) is 18.4 Å². The van der Waals surface area contributed by atoms with Gasteiger partial charge in [-0.1, -0.05) is 71.4 Å². The van der Waals surface area contributed by atoms with Crippen LogP contribution in [0.15, 0.2) is 35.5 Å². The van der Waals surface area contributed by atoms with Gasteiger partial charge < -0.3 is 39.7 Å². The SMILES string of the molecule is CCC(CC(C)C(=O)O)C(=O)CC/C1=C\C(C)C/C(C)=C/C(C)C(O)C(C)CCC(CCCC/C=C/C(C)CCC(C)OC(=O)CC(CC(=O)O)C(=O)O)OC(=O)CC(C(=O)O)CC(=O)OC1. The largest absolute Gasteiger partial charge is 0.481 e. The van der Waals surface area contributed by atoms with Gasteiger partial charge in [0.25, 0.3) is 0 Å². The summed E-state index contributed by atoms with van der Waals surface area (Å²) in [6.45, 7) is 14.8. The van der Waals surface area contributed by atoms with Gasteiger partial charge in [0.2, 0.25) is 0 Å². The van der Waals surface area contributed by atoms with E-state index in [9.17, 15) is 58.8 Å². The first-order chi connectivity index (χ1) is 31.4. The fraction of sp³-hybridized carbons (Fsp3) is 0.725. The number of carboxylic acids is 4. The van der Waals surface area contributed by atoms with Gasteiger partial charge in [-0.2, -0.15) is 0 Å². The van der Waals surface area contributed by atoms with Crippen LogP contribution in [0.5, 0.6) is 0 Å². The molecular weight excluding hydrogens is 869 g/mol. The zero-order valence-electron chi connectivity index (χ0n) is 41.1. The smallest absolute Gasteiger partial charge is 0.307 e. The number of unbranched alkanes of at least 4 members (excludes halogenated alkanes) is 2. The van der Waals surface area contributed by atoms with E-state index >= 15 is 0 Å². The van der Waals surface area contributed by atoms with Gasteiger partial charge in [-0.15, -0.1) is 0 Å². The Hall–Kier alpha value is -4.86. The zero-order chi connectivity index (χ0) is 50.8. The normalized spacial score (nSPS) is 25.6. The van der Waals surface area contributed by atoms with E-state index in [1.54, 1.807) is 13.8 Å². The third-order valence-corrected chi connectivity index (χ3v) is 12.5. The minimum atomic E-state index is -1.40. The Bertz CT molecular complexity index is 1710. The molecule has 0 fully saturated rings. The zero-order valence-corrected chi connectivity index (χ0v) is 41.1. The van der Waals surface area contributed by atoms with E-state index in [2.05, 4.69) is 0 Å². The van der Waals surface area contributed by atoms with Gasteiger partial charge in [0, 0.05) is 18.3 Å². The molecule has 1 rings (SSSR count). The lowest BCUT2D eigenvalue weighted by molar-refractivity contribution is -0.158. The number of carbonyl (C=O) groups is 8. The molecule has 0 radical (unpaired) electrons. The second kappa shape index (κ2) is 32.0. The number of esters is 3. The Kier molecular flexibility index (Phi) is 28.7. The van der Waals surface area contributed by atoms with Gasteiger partial charge in [-0.25, -0.2) is 0 Å². The summed E-state index contributed by atoms with van der Waals surface area (Å²) in [7, 11) is 0. The van der Waals surface area contributed by atoms with Gasteiger partial charge in [0.05, 0.1) is 55.6 Å². The van der Waals surface area contributed by atoms with Crippen LogP contribution in [0.4, 0.5) is 0 Å².